The van der Waals surface area contributed by atoms with Crippen molar-refractivity contribution >= 4 is 35.8 Å². The van der Waals surface area contributed by atoms with E-state index in [1.807, 2.05) is 26.0 Å². The van der Waals surface area contributed by atoms with Gasteiger partial charge in [-0.15, -0.1) is 24.0 Å². The second kappa shape index (κ2) is 12.4. The number of methoxy groups -OCH3 is 1. The fraction of sp³-hybridized carbons (Fsp3) is 0.412. The number of nitrogens with one attached hydrogen (secondary N) is 2. The van der Waals surface area contributed by atoms with E-state index in [1.54, 1.807) is 13.2 Å². The number of hydrogen-bond acceptors (Lipinski definition) is 4. The van der Waals surface area contributed by atoms with Crippen LogP contribution in [0.2, 0.25) is 0 Å². The molecule has 1 aromatic rings. The molecule has 0 radical (unpaired) electrons. The van der Waals surface area contributed by atoms with Gasteiger partial charge in [-0.2, -0.15) is 0 Å². The molecule has 140 valence electrons. The summed E-state index contributed by atoms with van der Waals surface area (Å²) in [6.45, 7) is 9.05. The second-order valence-corrected chi connectivity index (χ2v) is 5.24. The van der Waals surface area contributed by atoms with E-state index in [2.05, 4.69) is 22.2 Å². The number of carbonyl (C=O) groups is 1. The molecule has 0 bridgehead atoms. The van der Waals surface area contributed by atoms with Crippen LogP contribution in [0.5, 0.6) is 11.5 Å². The maximum absolute atomic E-state index is 11.4. The Kier molecular flexibility index (Phi) is 11.4. The average molecular weight is 462 g/mol. The van der Waals surface area contributed by atoms with Crippen LogP contribution in [-0.4, -0.2) is 38.7 Å². The van der Waals surface area contributed by atoms with Gasteiger partial charge in [-0.1, -0.05) is 18.2 Å². The summed E-state index contributed by atoms with van der Waals surface area (Å²) in [7, 11) is 1.55. The number of likely N-dealkylation sites (N-methyl/N-ethyl adjacent to an activating group) is 1. The first-order chi connectivity index (χ1) is 11.5. The van der Waals surface area contributed by atoms with E-state index in [4.69, 9.17) is 15.2 Å². The number of rotatable bonds is 9. The number of guanidine groups is 1. The molecule has 0 aliphatic carbocycles. The van der Waals surface area contributed by atoms with Gasteiger partial charge in [-0.3, -0.25) is 4.79 Å². The number of amides is 1. The third-order valence-electron chi connectivity index (χ3n) is 2.96. The summed E-state index contributed by atoms with van der Waals surface area (Å²) < 4.78 is 10.8. The smallest absolute Gasteiger partial charge is 0.257 e. The Morgan fingerprint density at radius 2 is 2.04 bits per heavy atom. The molecule has 0 saturated heterocycles. The number of halogens is 1. The maximum Gasteiger partial charge on any atom is 0.257 e. The van der Waals surface area contributed by atoms with Crippen LogP contribution in [0, 0.1) is 0 Å². The van der Waals surface area contributed by atoms with Crippen molar-refractivity contribution in [3.05, 3.63) is 35.9 Å². The molecule has 0 atom stereocenters. The molecule has 1 rings (SSSR count). The molecule has 7 nitrogen and oxygen atoms in total. The van der Waals surface area contributed by atoms with Crippen molar-refractivity contribution in [1.82, 2.24) is 10.6 Å². The van der Waals surface area contributed by atoms with Gasteiger partial charge in [0, 0.05) is 13.1 Å². The third-order valence-corrected chi connectivity index (χ3v) is 2.96. The Labute approximate surface area is 166 Å². The highest BCUT2D eigenvalue weighted by molar-refractivity contribution is 14.0. The molecule has 0 saturated carbocycles. The predicted molar refractivity (Wildman–Crippen MR) is 111 cm³/mol. The lowest BCUT2D eigenvalue weighted by atomic mass is 10.2. The van der Waals surface area contributed by atoms with Crippen molar-refractivity contribution in [1.29, 1.82) is 0 Å². The lowest BCUT2D eigenvalue weighted by Crippen LogP contribution is -2.32. The summed E-state index contributed by atoms with van der Waals surface area (Å²) >= 11 is 0. The summed E-state index contributed by atoms with van der Waals surface area (Å²) in [4.78, 5) is 15.7. The fourth-order valence-corrected chi connectivity index (χ4v) is 1.79. The Morgan fingerprint density at radius 1 is 1.32 bits per heavy atom. The van der Waals surface area contributed by atoms with Crippen LogP contribution in [0.1, 0.15) is 19.4 Å². The molecular weight excluding hydrogens is 435 g/mol. The Hall–Kier alpha value is -1.97. The zero-order chi connectivity index (χ0) is 17.9. The predicted octanol–water partition coefficient (Wildman–Crippen LogP) is 1.81. The van der Waals surface area contributed by atoms with Gasteiger partial charge in [-0.25, -0.2) is 4.99 Å². The van der Waals surface area contributed by atoms with E-state index in [-0.39, 0.29) is 36.5 Å². The minimum absolute atomic E-state index is 0. The lowest BCUT2D eigenvalue weighted by Gasteiger charge is -2.12. The summed E-state index contributed by atoms with van der Waals surface area (Å²) in [5, 5.41) is 5.63. The van der Waals surface area contributed by atoms with E-state index >= 15 is 0 Å². The van der Waals surface area contributed by atoms with Crippen molar-refractivity contribution in [2.75, 3.05) is 26.8 Å². The van der Waals surface area contributed by atoms with Crippen LogP contribution in [0.25, 0.3) is 0 Å². The molecule has 1 aromatic carbocycles. The standard InChI is InChI=1S/C17H26N4O3.HI/c1-5-19-16(22)11-24-14-7-6-13(8-15(14)23-4)10-21-17(18)20-9-12(2)3;/h6-8H,2,5,9-11H2,1,3-4H3,(H,19,22)(H3,18,20,21);1H. The summed E-state index contributed by atoms with van der Waals surface area (Å²) in [5.41, 5.74) is 7.67. The first-order valence-electron chi connectivity index (χ1n) is 7.70. The van der Waals surface area contributed by atoms with Crippen LogP contribution in [0.3, 0.4) is 0 Å². The van der Waals surface area contributed by atoms with Crippen molar-refractivity contribution in [3.8, 4) is 11.5 Å². The van der Waals surface area contributed by atoms with Crippen LogP contribution in [0.4, 0.5) is 0 Å². The van der Waals surface area contributed by atoms with E-state index in [9.17, 15) is 4.79 Å². The van der Waals surface area contributed by atoms with E-state index in [0.717, 1.165) is 11.1 Å². The summed E-state index contributed by atoms with van der Waals surface area (Å²) in [6.07, 6.45) is 0. The van der Waals surface area contributed by atoms with Gasteiger partial charge < -0.3 is 25.8 Å². The Bertz CT molecular complexity index is 606. The quantitative estimate of drug-likeness (QED) is 0.225. The highest BCUT2D eigenvalue weighted by atomic mass is 127. The minimum atomic E-state index is -0.176. The third kappa shape index (κ3) is 9.18. The first kappa shape index (κ1) is 23.0. The zero-order valence-corrected chi connectivity index (χ0v) is 17.3. The number of carbonyl (C=O) groups excluding carboxylic acids is 1. The molecule has 0 heterocycles. The molecule has 0 aromatic heterocycles. The number of aliphatic imine (C=N–C) groups is 1. The zero-order valence-electron chi connectivity index (χ0n) is 14.9. The van der Waals surface area contributed by atoms with Gasteiger partial charge >= 0.3 is 0 Å². The normalized spacial score (nSPS) is 10.4. The number of nitrogens with two attached hydrogens (primary N) is 1. The number of hydrogen-bond donors (Lipinski definition) is 3. The Balaban J connectivity index is 0.00000576. The van der Waals surface area contributed by atoms with Gasteiger partial charge in [0.2, 0.25) is 0 Å². The Morgan fingerprint density at radius 3 is 2.64 bits per heavy atom. The molecule has 0 aliphatic rings. The molecular formula is C17H27IN4O3. The number of benzene rings is 1. The molecule has 1 amide bonds. The first-order valence-corrected chi connectivity index (χ1v) is 7.70. The molecule has 0 unspecified atom stereocenters. The van der Waals surface area contributed by atoms with Crippen LogP contribution in [0.15, 0.2) is 35.3 Å². The van der Waals surface area contributed by atoms with Gasteiger partial charge in [0.15, 0.2) is 24.1 Å². The van der Waals surface area contributed by atoms with Gasteiger partial charge in [-0.05, 0) is 31.5 Å². The van der Waals surface area contributed by atoms with Crippen molar-refractivity contribution < 1.29 is 14.3 Å². The van der Waals surface area contributed by atoms with Crippen LogP contribution >= 0.6 is 24.0 Å². The highest BCUT2D eigenvalue weighted by Gasteiger charge is 2.08. The summed E-state index contributed by atoms with van der Waals surface area (Å²) in [6, 6.07) is 5.41. The van der Waals surface area contributed by atoms with Crippen LogP contribution < -0.4 is 25.8 Å². The molecule has 0 spiro atoms. The summed E-state index contributed by atoms with van der Waals surface area (Å²) in [5.74, 6) is 1.23. The largest absolute Gasteiger partial charge is 0.493 e. The molecule has 0 fully saturated rings. The van der Waals surface area contributed by atoms with Crippen molar-refractivity contribution in [2.24, 2.45) is 10.7 Å². The topological polar surface area (TPSA) is 98.0 Å². The molecule has 25 heavy (non-hydrogen) atoms. The van der Waals surface area contributed by atoms with Crippen LogP contribution in [-0.2, 0) is 11.3 Å². The van der Waals surface area contributed by atoms with E-state index in [0.29, 0.717) is 37.1 Å². The fourth-order valence-electron chi connectivity index (χ4n) is 1.79. The van der Waals surface area contributed by atoms with Gasteiger partial charge in [0.1, 0.15) is 0 Å². The lowest BCUT2D eigenvalue weighted by molar-refractivity contribution is -0.123. The average Bonchev–Trinajstić information content (AvgIpc) is 2.56. The second-order valence-electron chi connectivity index (χ2n) is 5.24. The molecule has 8 heteroatoms. The van der Waals surface area contributed by atoms with Gasteiger partial charge in [0.25, 0.3) is 5.91 Å². The van der Waals surface area contributed by atoms with Gasteiger partial charge in [0.05, 0.1) is 13.7 Å². The number of nitrogens with zero attached hydrogens (tertiary/aromatic N) is 1. The van der Waals surface area contributed by atoms with Crippen molar-refractivity contribution in [2.45, 2.75) is 20.4 Å². The highest BCUT2D eigenvalue weighted by Crippen LogP contribution is 2.28. The molecule has 4 N–H and O–H groups in total. The van der Waals surface area contributed by atoms with E-state index in [1.165, 1.54) is 0 Å². The monoisotopic (exact) mass is 462 g/mol. The van der Waals surface area contributed by atoms with Crippen molar-refractivity contribution in [3.63, 3.8) is 0 Å². The van der Waals surface area contributed by atoms with E-state index < -0.39 is 0 Å². The SMILES string of the molecule is C=C(C)CNC(N)=NCc1ccc(OCC(=O)NCC)c(OC)c1.I. The minimum Gasteiger partial charge on any atom is -0.493 e. The maximum atomic E-state index is 11.4. The number of ether oxygens (including phenoxy) is 2. The molecule has 0 aliphatic heterocycles.